The van der Waals surface area contributed by atoms with Crippen molar-refractivity contribution in [3.05, 3.63) is 57.6 Å². The molecule has 2 aromatic carbocycles. The van der Waals surface area contributed by atoms with Crippen molar-refractivity contribution in [2.24, 2.45) is 0 Å². The number of nitrogens with zero attached hydrogens (tertiary/aromatic N) is 3. The molecule has 2 heterocycles. The number of ether oxygens (including phenoxy) is 4. The Morgan fingerprint density at radius 2 is 1.05 bits per heavy atom. The van der Waals surface area contributed by atoms with Crippen LogP contribution in [0.4, 0.5) is 11.4 Å². The van der Waals surface area contributed by atoms with E-state index in [1.807, 2.05) is 13.8 Å². The van der Waals surface area contributed by atoms with Crippen LogP contribution in [0.5, 0.6) is 11.5 Å². The molecule has 0 spiro atoms. The molecule has 0 unspecified atom stereocenters. The molecule has 4 N–H and O–H groups in total. The van der Waals surface area contributed by atoms with Gasteiger partial charge in [-0.1, -0.05) is 13.8 Å². The van der Waals surface area contributed by atoms with E-state index in [1.54, 1.807) is 25.3 Å². The van der Waals surface area contributed by atoms with E-state index in [2.05, 4.69) is 48.1 Å². The minimum absolute atomic E-state index is 0.0552. The topological polar surface area (TPSA) is 171 Å². The molecule has 2 aliphatic heterocycles. The number of anilines is 1. The average molecular weight is 783 g/mol. The predicted octanol–water partition coefficient (Wildman–Crippen LogP) is 6.21. The summed E-state index contributed by atoms with van der Waals surface area (Å²) in [5.74, 6) is 0.361. The molecule has 2 aliphatic carbocycles. The molecule has 4 atom stereocenters. The highest BCUT2D eigenvalue weighted by Gasteiger charge is 2.33. The van der Waals surface area contributed by atoms with E-state index in [0.717, 1.165) is 77.5 Å². The van der Waals surface area contributed by atoms with Crippen LogP contribution in [0, 0.1) is 10.1 Å². The Labute approximate surface area is 333 Å². The van der Waals surface area contributed by atoms with Crippen molar-refractivity contribution in [3.63, 3.8) is 0 Å². The number of benzene rings is 2. The van der Waals surface area contributed by atoms with Gasteiger partial charge in [-0.3, -0.25) is 29.5 Å². The molecule has 2 amide bonds. The van der Waals surface area contributed by atoms with E-state index in [0.29, 0.717) is 46.9 Å². The number of carbonyl (C=O) groups is 2. The molecule has 2 saturated carbocycles. The molecule has 2 saturated heterocycles. The number of rotatable bonds is 9. The summed E-state index contributed by atoms with van der Waals surface area (Å²) < 4.78 is 21.9. The minimum atomic E-state index is -0.519. The van der Waals surface area contributed by atoms with Crippen molar-refractivity contribution >= 4 is 23.2 Å². The molecule has 312 valence electrons. The zero-order valence-electron chi connectivity index (χ0n) is 34.8. The molecule has 14 nitrogen and oxygen atoms in total. The van der Waals surface area contributed by atoms with Gasteiger partial charge in [0, 0.05) is 73.6 Å². The lowest BCUT2D eigenvalue weighted by atomic mass is 9.89. The maximum absolute atomic E-state index is 12.6. The number of nitro groups is 1. The van der Waals surface area contributed by atoms with Gasteiger partial charge in [-0.25, -0.2) is 0 Å². The van der Waals surface area contributed by atoms with E-state index >= 15 is 0 Å². The Balaban J connectivity index is 0.000000239. The molecule has 0 bridgehead atoms. The fourth-order valence-corrected chi connectivity index (χ4v) is 8.56. The second-order valence-corrected chi connectivity index (χ2v) is 15.5. The SMILES string of the molecule is CC.COc1cc(C(=O)NC2CCC(N3C[C@@H](C)O[C@@H](C)C3)CC2)ccc1N.COc1cc(C(=O)NC2CCC(N3C[C@@H](C)O[C@@H](C)C3)CC2)ccc1[N+](=O)[O-]. The van der Waals surface area contributed by atoms with Gasteiger partial charge in [0.15, 0.2) is 5.75 Å². The van der Waals surface area contributed by atoms with Gasteiger partial charge in [0.2, 0.25) is 0 Å². The summed E-state index contributed by atoms with van der Waals surface area (Å²) in [6.45, 7) is 16.5. The smallest absolute Gasteiger partial charge is 0.310 e. The number of nitrogens with one attached hydrogen (secondary N) is 2. The fourth-order valence-electron chi connectivity index (χ4n) is 8.56. The highest BCUT2D eigenvalue weighted by atomic mass is 16.6. The second kappa shape index (κ2) is 21.5. The summed E-state index contributed by atoms with van der Waals surface area (Å²) in [6.07, 6.45) is 9.37. The summed E-state index contributed by atoms with van der Waals surface area (Å²) >= 11 is 0. The lowest BCUT2D eigenvalue weighted by Gasteiger charge is -2.42. The second-order valence-electron chi connectivity index (χ2n) is 15.5. The van der Waals surface area contributed by atoms with Gasteiger partial charge < -0.3 is 35.3 Å². The predicted molar refractivity (Wildman–Crippen MR) is 219 cm³/mol. The van der Waals surface area contributed by atoms with Crippen molar-refractivity contribution in [3.8, 4) is 11.5 Å². The van der Waals surface area contributed by atoms with Crippen LogP contribution in [0.15, 0.2) is 36.4 Å². The Bertz CT molecular complexity index is 1560. The molecule has 2 aromatic rings. The largest absolute Gasteiger partial charge is 0.495 e. The van der Waals surface area contributed by atoms with Gasteiger partial charge >= 0.3 is 5.69 Å². The van der Waals surface area contributed by atoms with Crippen LogP contribution < -0.4 is 25.8 Å². The number of amides is 2. The van der Waals surface area contributed by atoms with E-state index in [9.17, 15) is 19.7 Å². The van der Waals surface area contributed by atoms with Crippen LogP contribution >= 0.6 is 0 Å². The molecule has 0 radical (unpaired) electrons. The first-order valence-corrected chi connectivity index (χ1v) is 20.5. The number of nitro benzene ring substituents is 1. The molecule has 0 aromatic heterocycles. The maximum atomic E-state index is 12.6. The molecule has 6 rings (SSSR count). The van der Waals surface area contributed by atoms with Crippen LogP contribution in [-0.2, 0) is 9.47 Å². The van der Waals surface area contributed by atoms with Gasteiger partial charge in [0.25, 0.3) is 11.8 Å². The highest BCUT2D eigenvalue weighted by Crippen LogP contribution is 2.30. The third-order valence-corrected chi connectivity index (χ3v) is 11.1. The fraction of sp³-hybridized carbons (Fsp3) is 0.667. The number of morpholine rings is 2. The average Bonchev–Trinajstić information content (AvgIpc) is 3.18. The zero-order chi connectivity index (χ0) is 40.9. The van der Waals surface area contributed by atoms with Crippen LogP contribution in [0.25, 0.3) is 0 Å². The van der Waals surface area contributed by atoms with Crippen LogP contribution in [0.3, 0.4) is 0 Å². The Hall–Kier alpha value is -3.98. The standard InChI is InChI=1S/C20H29N3O5.C20H31N3O3.C2H6/c1-13-11-22(12-14(2)28-13)17-7-5-16(6-8-17)21-20(24)15-4-9-18(23(25)26)19(10-15)27-3;1-13-11-23(12-14(2)26-13)17-7-5-16(6-8-17)22-20(24)15-4-9-18(21)19(10-15)25-3;1-2/h4,9-10,13-14,16-17H,5-8,11-12H2,1-3H3,(H,21,24);4,9-10,13-14,16-17H,5-8,11-12,21H2,1-3H3,(H,22,24);1-2H3/t2*13-,14+,16?,17?;. The number of methoxy groups -OCH3 is 2. The third kappa shape index (κ3) is 12.5. The normalized spacial score (nSPS) is 28.3. The van der Waals surface area contributed by atoms with E-state index in [4.69, 9.17) is 24.7 Å². The Kier molecular flexibility index (Phi) is 17.2. The third-order valence-electron chi connectivity index (χ3n) is 11.1. The first-order chi connectivity index (χ1) is 26.8. The van der Waals surface area contributed by atoms with Gasteiger partial charge in [-0.05, 0) is 103 Å². The van der Waals surface area contributed by atoms with Gasteiger partial charge in [0.05, 0.1) is 49.2 Å². The van der Waals surface area contributed by atoms with E-state index in [-0.39, 0.29) is 47.5 Å². The quantitative estimate of drug-likeness (QED) is 0.150. The number of hydrogen-bond acceptors (Lipinski definition) is 11. The Morgan fingerprint density at radius 1 is 0.679 bits per heavy atom. The summed E-state index contributed by atoms with van der Waals surface area (Å²) in [5, 5.41) is 17.2. The first kappa shape index (κ1) is 44.7. The lowest BCUT2D eigenvalue weighted by Crippen LogP contribution is -2.52. The minimum Gasteiger partial charge on any atom is -0.495 e. The van der Waals surface area contributed by atoms with Gasteiger partial charge in [-0.2, -0.15) is 0 Å². The monoisotopic (exact) mass is 782 g/mol. The van der Waals surface area contributed by atoms with Crippen molar-refractivity contribution in [1.82, 2.24) is 20.4 Å². The maximum Gasteiger partial charge on any atom is 0.310 e. The van der Waals surface area contributed by atoms with Gasteiger partial charge in [-0.15, -0.1) is 0 Å². The first-order valence-electron chi connectivity index (χ1n) is 20.5. The van der Waals surface area contributed by atoms with Crippen molar-refractivity contribution in [1.29, 1.82) is 0 Å². The van der Waals surface area contributed by atoms with Gasteiger partial charge in [0.1, 0.15) is 5.75 Å². The Morgan fingerprint density at radius 3 is 1.43 bits per heavy atom. The molecule has 4 aliphatic rings. The number of nitrogens with two attached hydrogens (primary N) is 1. The van der Waals surface area contributed by atoms with E-state index in [1.165, 1.54) is 25.3 Å². The molecule has 4 fully saturated rings. The summed E-state index contributed by atoms with van der Waals surface area (Å²) in [6, 6.07) is 10.9. The van der Waals surface area contributed by atoms with Crippen LogP contribution in [-0.4, -0.2) is 116 Å². The molecule has 14 heteroatoms. The van der Waals surface area contributed by atoms with Crippen LogP contribution in [0.1, 0.15) is 114 Å². The summed E-state index contributed by atoms with van der Waals surface area (Å²) in [7, 11) is 2.92. The number of carbonyl (C=O) groups excluding carboxylic acids is 2. The van der Waals surface area contributed by atoms with Crippen LogP contribution in [0.2, 0.25) is 0 Å². The lowest BCUT2D eigenvalue weighted by molar-refractivity contribution is -0.385. The molecular weight excluding hydrogens is 716 g/mol. The van der Waals surface area contributed by atoms with Crippen molar-refractivity contribution < 1.29 is 33.5 Å². The molecule has 56 heavy (non-hydrogen) atoms. The summed E-state index contributed by atoms with van der Waals surface area (Å²) in [5.41, 5.74) is 7.18. The molecular formula is C42H66N6O8. The highest BCUT2D eigenvalue weighted by molar-refractivity contribution is 5.96. The number of nitrogen functional groups attached to an aromatic ring is 1. The number of hydrogen-bond donors (Lipinski definition) is 3. The van der Waals surface area contributed by atoms with E-state index < -0.39 is 4.92 Å². The van der Waals surface area contributed by atoms with Crippen molar-refractivity contribution in [2.75, 3.05) is 46.1 Å². The zero-order valence-corrected chi connectivity index (χ0v) is 34.8. The van der Waals surface area contributed by atoms with Crippen molar-refractivity contribution in [2.45, 2.75) is 141 Å². The summed E-state index contributed by atoms with van der Waals surface area (Å²) in [4.78, 5) is 40.7.